The summed E-state index contributed by atoms with van der Waals surface area (Å²) in [6.07, 6.45) is 6.88. The summed E-state index contributed by atoms with van der Waals surface area (Å²) < 4.78 is 5.21. The molecule has 2 heterocycles. The molecule has 0 aromatic carbocycles. The molecule has 0 saturated carbocycles. The molecule has 1 N–H and O–H groups in total. The zero-order valence-corrected chi connectivity index (χ0v) is 5.90. The highest BCUT2D eigenvalue weighted by atomic mass is 16.5. The summed E-state index contributed by atoms with van der Waals surface area (Å²) in [5.74, 6) is 0. The van der Waals surface area contributed by atoms with E-state index in [1.807, 2.05) is 12.1 Å². The van der Waals surface area contributed by atoms with Crippen LogP contribution in [0.3, 0.4) is 0 Å². The minimum atomic E-state index is -0.0521. The van der Waals surface area contributed by atoms with E-state index in [1.54, 1.807) is 24.9 Å². The molecule has 1 aromatic heterocycles. The lowest BCUT2D eigenvalue weighted by Gasteiger charge is -2.09. The van der Waals surface area contributed by atoms with Crippen LogP contribution in [-0.2, 0) is 4.74 Å². The van der Waals surface area contributed by atoms with Gasteiger partial charge in [-0.3, -0.25) is 4.98 Å². The number of rotatable bonds is 1. The molecule has 3 nitrogen and oxygen atoms in total. The number of pyridine rings is 1. The van der Waals surface area contributed by atoms with E-state index in [2.05, 4.69) is 10.3 Å². The van der Waals surface area contributed by atoms with E-state index in [9.17, 15) is 0 Å². The predicted octanol–water partition coefficient (Wildman–Crippen LogP) is 1.17. The van der Waals surface area contributed by atoms with Gasteiger partial charge in [-0.05, 0) is 6.07 Å². The summed E-state index contributed by atoms with van der Waals surface area (Å²) in [6, 6.07) is 3.86. The Hall–Kier alpha value is -1.51. The van der Waals surface area contributed by atoms with Crippen LogP contribution in [0.25, 0.3) is 0 Å². The number of ether oxygens (including phenoxy) is 1. The summed E-state index contributed by atoms with van der Waals surface area (Å²) in [6.45, 7) is 0. The molecule has 0 bridgehead atoms. The number of nitrogens with zero attached hydrogens (tertiary/aromatic N) is 1. The Morgan fingerprint density at radius 2 is 2.55 bits per heavy atom. The van der Waals surface area contributed by atoms with E-state index in [0.717, 1.165) is 5.56 Å². The van der Waals surface area contributed by atoms with Crippen LogP contribution in [-0.4, -0.2) is 4.98 Å². The van der Waals surface area contributed by atoms with Crippen LogP contribution in [0.2, 0.25) is 0 Å². The Balaban J connectivity index is 2.17. The molecule has 0 radical (unpaired) electrons. The second kappa shape index (κ2) is 2.62. The van der Waals surface area contributed by atoms with Crippen molar-refractivity contribution >= 4 is 0 Å². The number of hydrogen-bond donors (Lipinski definition) is 1. The van der Waals surface area contributed by atoms with Crippen LogP contribution in [0.15, 0.2) is 37.0 Å². The molecule has 3 heteroatoms. The van der Waals surface area contributed by atoms with E-state index in [0.29, 0.717) is 0 Å². The molecule has 0 amide bonds. The van der Waals surface area contributed by atoms with Crippen LogP contribution < -0.4 is 5.32 Å². The van der Waals surface area contributed by atoms with Gasteiger partial charge in [0.1, 0.15) is 6.26 Å². The van der Waals surface area contributed by atoms with Gasteiger partial charge in [-0.2, -0.15) is 0 Å². The highest BCUT2D eigenvalue weighted by molar-refractivity contribution is 5.13. The van der Waals surface area contributed by atoms with Crippen LogP contribution >= 0.6 is 0 Å². The second-order valence-electron chi connectivity index (χ2n) is 2.27. The Morgan fingerprint density at radius 3 is 3.18 bits per heavy atom. The zero-order valence-electron chi connectivity index (χ0n) is 5.90. The summed E-state index contributed by atoms with van der Waals surface area (Å²) in [7, 11) is 0. The van der Waals surface area contributed by atoms with Crippen molar-refractivity contribution in [2.24, 2.45) is 0 Å². The standard InChI is InChI=1S/C8H8N2O/c1-2-7(6-9-3-1)8-10-4-5-11-8/h1-6,8,10H. The third kappa shape index (κ3) is 1.17. The lowest BCUT2D eigenvalue weighted by molar-refractivity contribution is 0.154. The first-order chi connectivity index (χ1) is 5.47. The summed E-state index contributed by atoms with van der Waals surface area (Å²) in [5, 5.41) is 3.03. The van der Waals surface area contributed by atoms with E-state index >= 15 is 0 Å². The Labute approximate surface area is 64.7 Å². The fourth-order valence-electron chi connectivity index (χ4n) is 0.990. The maximum absolute atomic E-state index is 5.21. The van der Waals surface area contributed by atoms with Crippen molar-refractivity contribution in [3.63, 3.8) is 0 Å². The fourth-order valence-corrected chi connectivity index (χ4v) is 0.990. The highest BCUT2D eigenvalue weighted by Gasteiger charge is 2.11. The first-order valence-electron chi connectivity index (χ1n) is 3.43. The van der Waals surface area contributed by atoms with Crippen molar-refractivity contribution in [2.75, 3.05) is 0 Å². The Morgan fingerprint density at radius 1 is 1.55 bits per heavy atom. The molecule has 1 aliphatic rings. The van der Waals surface area contributed by atoms with Crippen molar-refractivity contribution in [3.8, 4) is 0 Å². The SMILES string of the molecule is C1=COC(c2cccnc2)N1. The molecule has 11 heavy (non-hydrogen) atoms. The molecule has 0 saturated heterocycles. The molecule has 1 aromatic rings. The quantitative estimate of drug-likeness (QED) is 0.649. The van der Waals surface area contributed by atoms with Gasteiger partial charge in [0.15, 0.2) is 6.23 Å². The molecule has 0 fully saturated rings. The topological polar surface area (TPSA) is 34.1 Å². The van der Waals surface area contributed by atoms with E-state index in [4.69, 9.17) is 4.74 Å². The summed E-state index contributed by atoms with van der Waals surface area (Å²) in [4.78, 5) is 3.98. The van der Waals surface area contributed by atoms with Gasteiger partial charge in [-0.15, -0.1) is 0 Å². The Kier molecular flexibility index (Phi) is 1.48. The van der Waals surface area contributed by atoms with Crippen molar-refractivity contribution in [3.05, 3.63) is 42.6 Å². The predicted molar refractivity (Wildman–Crippen MR) is 40.3 cm³/mol. The molecule has 0 aliphatic carbocycles. The maximum Gasteiger partial charge on any atom is 0.196 e. The van der Waals surface area contributed by atoms with Crippen LogP contribution in [0.1, 0.15) is 11.8 Å². The van der Waals surface area contributed by atoms with Crippen molar-refractivity contribution in [1.82, 2.24) is 10.3 Å². The van der Waals surface area contributed by atoms with Gasteiger partial charge in [0, 0.05) is 24.2 Å². The van der Waals surface area contributed by atoms with E-state index in [1.165, 1.54) is 0 Å². The lowest BCUT2D eigenvalue weighted by Crippen LogP contribution is -2.11. The molecule has 0 spiro atoms. The maximum atomic E-state index is 5.21. The van der Waals surface area contributed by atoms with E-state index in [-0.39, 0.29) is 6.23 Å². The third-order valence-electron chi connectivity index (χ3n) is 1.52. The zero-order chi connectivity index (χ0) is 7.52. The summed E-state index contributed by atoms with van der Waals surface area (Å²) in [5.41, 5.74) is 1.04. The van der Waals surface area contributed by atoms with Crippen LogP contribution in [0, 0.1) is 0 Å². The Bertz CT molecular complexity index is 250. The average molecular weight is 148 g/mol. The van der Waals surface area contributed by atoms with Gasteiger partial charge < -0.3 is 10.1 Å². The summed E-state index contributed by atoms with van der Waals surface area (Å²) >= 11 is 0. The van der Waals surface area contributed by atoms with E-state index < -0.39 is 0 Å². The van der Waals surface area contributed by atoms with Gasteiger partial charge in [0.05, 0.1) is 0 Å². The third-order valence-corrected chi connectivity index (χ3v) is 1.52. The molecular weight excluding hydrogens is 140 g/mol. The monoisotopic (exact) mass is 148 g/mol. The fraction of sp³-hybridized carbons (Fsp3) is 0.125. The van der Waals surface area contributed by atoms with Gasteiger partial charge in [-0.1, -0.05) is 6.07 Å². The normalized spacial score (nSPS) is 20.9. The number of hydrogen-bond acceptors (Lipinski definition) is 3. The van der Waals surface area contributed by atoms with Gasteiger partial charge in [0.25, 0.3) is 0 Å². The van der Waals surface area contributed by atoms with Crippen molar-refractivity contribution < 1.29 is 4.74 Å². The minimum absolute atomic E-state index is 0.0521. The molecule has 1 unspecified atom stereocenters. The molecule has 56 valence electrons. The first-order valence-corrected chi connectivity index (χ1v) is 3.43. The number of nitrogens with one attached hydrogen (secondary N) is 1. The van der Waals surface area contributed by atoms with Gasteiger partial charge >= 0.3 is 0 Å². The lowest BCUT2D eigenvalue weighted by atomic mass is 10.2. The molecule has 1 aliphatic heterocycles. The molecular formula is C8H8N2O. The van der Waals surface area contributed by atoms with Gasteiger partial charge in [-0.25, -0.2) is 0 Å². The smallest absolute Gasteiger partial charge is 0.196 e. The first kappa shape index (κ1) is 6.22. The van der Waals surface area contributed by atoms with Crippen LogP contribution in [0.4, 0.5) is 0 Å². The average Bonchev–Trinajstić information content (AvgIpc) is 2.58. The molecule has 2 rings (SSSR count). The van der Waals surface area contributed by atoms with Gasteiger partial charge in [0.2, 0.25) is 0 Å². The van der Waals surface area contributed by atoms with Crippen LogP contribution in [0.5, 0.6) is 0 Å². The van der Waals surface area contributed by atoms with Crippen molar-refractivity contribution in [2.45, 2.75) is 6.23 Å². The minimum Gasteiger partial charge on any atom is -0.473 e. The van der Waals surface area contributed by atoms with Crippen molar-refractivity contribution in [1.29, 1.82) is 0 Å². The largest absolute Gasteiger partial charge is 0.473 e. The number of aromatic nitrogens is 1. The highest BCUT2D eigenvalue weighted by Crippen LogP contribution is 2.16. The molecule has 1 atom stereocenters. The second-order valence-corrected chi connectivity index (χ2v) is 2.27.